The van der Waals surface area contributed by atoms with Crippen LogP contribution in [-0.4, -0.2) is 43.0 Å². The van der Waals surface area contributed by atoms with E-state index in [1.807, 2.05) is 13.8 Å². The summed E-state index contributed by atoms with van der Waals surface area (Å²) in [7, 11) is 0. The minimum atomic E-state index is -0.464. The van der Waals surface area contributed by atoms with E-state index in [0.29, 0.717) is 35.9 Å². The Morgan fingerprint density at radius 1 is 1.00 bits per heavy atom. The molecule has 9 heteroatoms. The highest BCUT2D eigenvalue weighted by molar-refractivity contribution is 6.32. The highest BCUT2D eigenvalue weighted by Crippen LogP contribution is 2.28. The molecule has 0 aliphatic carbocycles. The maximum absolute atomic E-state index is 12.2. The molecule has 0 bridgehead atoms. The maximum Gasteiger partial charge on any atom is 0.336 e. The van der Waals surface area contributed by atoms with Gasteiger partial charge in [0.05, 0.1) is 5.02 Å². The molecule has 1 aromatic heterocycles. The van der Waals surface area contributed by atoms with Crippen LogP contribution in [0.4, 0.5) is 5.69 Å². The summed E-state index contributed by atoms with van der Waals surface area (Å²) in [5, 5.41) is 3.69. The molecule has 0 radical (unpaired) electrons. The van der Waals surface area contributed by atoms with E-state index in [4.69, 9.17) is 25.5 Å². The number of hydrogen-bond acceptors (Lipinski definition) is 6. The van der Waals surface area contributed by atoms with Gasteiger partial charge in [0.15, 0.2) is 13.2 Å². The van der Waals surface area contributed by atoms with E-state index in [1.54, 1.807) is 41.3 Å². The van der Waals surface area contributed by atoms with Gasteiger partial charge in [0.2, 0.25) is 0 Å². The molecule has 0 saturated heterocycles. The second kappa shape index (κ2) is 10.7. The quantitative estimate of drug-likeness (QED) is 0.491. The van der Waals surface area contributed by atoms with Gasteiger partial charge < -0.3 is 24.1 Å². The molecule has 3 aromatic rings. The molecule has 0 aliphatic heterocycles. The number of fused-ring (bicyclic) bond motifs is 1. The summed E-state index contributed by atoms with van der Waals surface area (Å²) in [6.45, 7) is 4.63. The van der Waals surface area contributed by atoms with Crippen LogP contribution in [0.1, 0.15) is 13.8 Å². The number of halogens is 1. The number of carbonyl (C=O) groups is 2. The molecular formula is C23H23ClN2O6. The van der Waals surface area contributed by atoms with Gasteiger partial charge in [0.1, 0.15) is 17.1 Å². The molecule has 168 valence electrons. The topological polar surface area (TPSA) is 98.1 Å². The van der Waals surface area contributed by atoms with Gasteiger partial charge in [-0.3, -0.25) is 9.59 Å². The Kier molecular flexibility index (Phi) is 7.72. The highest BCUT2D eigenvalue weighted by Gasteiger charge is 2.12. The fourth-order valence-corrected chi connectivity index (χ4v) is 3.21. The number of benzene rings is 2. The number of carbonyl (C=O) groups excluding carboxylic acids is 2. The predicted octanol–water partition coefficient (Wildman–Crippen LogP) is 3.71. The van der Waals surface area contributed by atoms with Crippen LogP contribution in [0.2, 0.25) is 5.02 Å². The number of amides is 2. The van der Waals surface area contributed by atoms with Crippen LogP contribution >= 0.6 is 11.6 Å². The van der Waals surface area contributed by atoms with Crippen LogP contribution in [0.5, 0.6) is 11.5 Å². The zero-order chi connectivity index (χ0) is 23.1. The molecule has 0 fully saturated rings. The van der Waals surface area contributed by atoms with E-state index in [2.05, 4.69) is 5.32 Å². The summed E-state index contributed by atoms with van der Waals surface area (Å²) in [5.41, 5.74) is 0.363. The standard InChI is InChI=1S/C23H23ClN2O6/c1-3-26(4-2)22(28)14-31-19-9-7-16(11-18(19)24)25-21(27)13-30-17-8-5-15-6-10-23(29)32-20(15)12-17/h5-12H,3-4,13-14H2,1-2H3,(H,25,27). The average Bonchev–Trinajstić information content (AvgIpc) is 2.77. The van der Waals surface area contributed by atoms with Gasteiger partial charge in [-0.25, -0.2) is 4.79 Å². The predicted molar refractivity (Wildman–Crippen MR) is 121 cm³/mol. The Morgan fingerprint density at radius 3 is 2.47 bits per heavy atom. The van der Waals surface area contributed by atoms with Crippen LogP contribution in [0, 0.1) is 0 Å². The van der Waals surface area contributed by atoms with E-state index in [1.165, 1.54) is 12.1 Å². The first-order valence-corrected chi connectivity index (χ1v) is 10.4. The van der Waals surface area contributed by atoms with Gasteiger partial charge in [0, 0.05) is 36.3 Å². The number of nitrogens with zero attached hydrogens (tertiary/aromatic N) is 1. The zero-order valence-electron chi connectivity index (χ0n) is 17.7. The SMILES string of the molecule is CCN(CC)C(=O)COc1ccc(NC(=O)COc2ccc3ccc(=O)oc3c2)cc1Cl. The van der Waals surface area contributed by atoms with Crippen molar-refractivity contribution in [2.24, 2.45) is 0 Å². The van der Waals surface area contributed by atoms with E-state index >= 15 is 0 Å². The lowest BCUT2D eigenvalue weighted by Gasteiger charge is -2.19. The molecule has 0 aliphatic rings. The Hall–Kier alpha value is -3.52. The normalized spacial score (nSPS) is 10.6. The molecule has 3 rings (SSSR count). The molecule has 8 nitrogen and oxygen atoms in total. The second-order valence-electron chi connectivity index (χ2n) is 6.79. The summed E-state index contributed by atoms with van der Waals surface area (Å²) in [6, 6.07) is 12.7. The number of nitrogens with one attached hydrogen (secondary N) is 1. The van der Waals surface area contributed by atoms with Crippen molar-refractivity contribution in [1.29, 1.82) is 0 Å². The first-order chi connectivity index (χ1) is 15.4. The van der Waals surface area contributed by atoms with Crippen molar-refractivity contribution in [3.05, 3.63) is 64.0 Å². The number of hydrogen-bond donors (Lipinski definition) is 1. The maximum atomic E-state index is 12.2. The fourth-order valence-electron chi connectivity index (χ4n) is 2.98. The van der Waals surface area contributed by atoms with E-state index < -0.39 is 11.5 Å². The molecule has 2 amide bonds. The summed E-state index contributed by atoms with van der Waals surface area (Å²) in [4.78, 5) is 37.3. The van der Waals surface area contributed by atoms with Gasteiger partial charge >= 0.3 is 5.63 Å². The van der Waals surface area contributed by atoms with Crippen molar-refractivity contribution in [1.82, 2.24) is 4.90 Å². The van der Waals surface area contributed by atoms with E-state index in [0.717, 1.165) is 5.39 Å². The van der Waals surface area contributed by atoms with Crippen LogP contribution < -0.4 is 20.4 Å². The average molecular weight is 459 g/mol. The van der Waals surface area contributed by atoms with Gasteiger partial charge in [-0.05, 0) is 50.2 Å². The highest BCUT2D eigenvalue weighted by atomic mass is 35.5. The van der Waals surface area contributed by atoms with Crippen molar-refractivity contribution in [3.8, 4) is 11.5 Å². The lowest BCUT2D eigenvalue weighted by atomic mass is 10.2. The molecule has 0 saturated carbocycles. The Morgan fingerprint density at radius 2 is 1.75 bits per heavy atom. The van der Waals surface area contributed by atoms with Crippen LogP contribution in [-0.2, 0) is 9.59 Å². The zero-order valence-corrected chi connectivity index (χ0v) is 18.5. The third kappa shape index (κ3) is 6.01. The molecule has 0 spiro atoms. The summed E-state index contributed by atoms with van der Waals surface area (Å²) < 4.78 is 16.1. The Labute approximate surface area is 189 Å². The van der Waals surface area contributed by atoms with Gasteiger partial charge in [0.25, 0.3) is 11.8 Å². The largest absolute Gasteiger partial charge is 0.484 e. The molecule has 2 aromatic carbocycles. The van der Waals surface area contributed by atoms with Crippen molar-refractivity contribution >= 4 is 40.1 Å². The first-order valence-electron chi connectivity index (χ1n) is 10.1. The number of likely N-dealkylation sites (N-methyl/N-ethyl adjacent to an activating group) is 1. The second-order valence-corrected chi connectivity index (χ2v) is 7.20. The molecule has 0 atom stereocenters. The monoisotopic (exact) mass is 458 g/mol. The van der Waals surface area contributed by atoms with Crippen molar-refractivity contribution in [3.63, 3.8) is 0 Å². The first kappa shape index (κ1) is 23.1. The lowest BCUT2D eigenvalue weighted by molar-refractivity contribution is -0.133. The van der Waals surface area contributed by atoms with Gasteiger partial charge in [-0.15, -0.1) is 0 Å². The van der Waals surface area contributed by atoms with Gasteiger partial charge in [-0.2, -0.15) is 0 Å². The molecule has 32 heavy (non-hydrogen) atoms. The number of ether oxygens (including phenoxy) is 2. The summed E-state index contributed by atoms with van der Waals surface area (Å²) in [6.07, 6.45) is 0. The van der Waals surface area contributed by atoms with Crippen LogP contribution in [0.15, 0.2) is 57.7 Å². The van der Waals surface area contributed by atoms with Crippen molar-refractivity contribution in [2.75, 3.05) is 31.6 Å². The van der Waals surface area contributed by atoms with Gasteiger partial charge in [-0.1, -0.05) is 11.6 Å². The smallest absolute Gasteiger partial charge is 0.336 e. The third-order valence-electron chi connectivity index (χ3n) is 4.65. The van der Waals surface area contributed by atoms with Crippen LogP contribution in [0.25, 0.3) is 11.0 Å². The summed E-state index contributed by atoms with van der Waals surface area (Å²) in [5.74, 6) is 0.204. The minimum Gasteiger partial charge on any atom is -0.484 e. The number of rotatable bonds is 9. The lowest BCUT2D eigenvalue weighted by Crippen LogP contribution is -2.34. The van der Waals surface area contributed by atoms with E-state index in [9.17, 15) is 14.4 Å². The number of anilines is 1. The summed E-state index contributed by atoms with van der Waals surface area (Å²) >= 11 is 6.22. The van der Waals surface area contributed by atoms with Crippen LogP contribution in [0.3, 0.4) is 0 Å². The minimum absolute atomic E-state index is 0.118. The fraction of sp³-hybridized carbons (Fsp3) is 0.261. The van der Waals surface area contributed by atoms with E-state index in [-0.39, 0.29) is 24.1 Å². The third-order valence-corrected chi connectivity index (χ3v) is 4.94. The molecule has 0 unspecified atom stereocenters. The molecule has 1 heterocycles. The molecular weight excluding hydrogens is 436 g/mol. The Balaban J connectivity index is 1.54. The Bertz CT molecular complexity index is 1170. The molecule has 1 N–H and O–H groups in total. The van der Waals surface area contributed by atoms with Crippen molar-refractivity contribution in [2.45, 2.75) is 13.8 Å². The van der Waals surface area contributed by atoms with Crippen molar-refractivity contribution < 1.29 is 23.5 Å².